The fourth-order valence-corrected chi connectivity index (χ4v) is 2.24. The van der Waals surface area contributed by atoms with Crippen molar-refractivity contribution in [2.45, 2.75) is 0 Å². The third-order valence-corrected chi connectivity index (χ3v) is 3.17. The highest BCUT2D eigenvalue weighted by atomic mass is 32.2. The molecule has 0 unspecified atom stereocenters. The van der Waals surface area contributed by atoms with E-state index in [9.17, 15) is 8.42 Å². The molecule has 1 N–H and O–H groups in total. The zero-order valence-corrected chi connectivity index (χ0v) is 8.74. The van der Waals surface area contributed by atoms with Gasteiger partial charge in [-0.15, -0.1) is 0 Å². The van der Waals surface area contributed by atoms with Crippen molar-refractivity contribution in [3.05, 3.63) is 41.8 Å². The normalized spacial score (nSPS) is 20.7. The van der Waals surface area contributed by atoms with Crippen molar-refractivity contribution >= 4 is 21.2 Å². The summed E-state index contributed by atoms with van der Waals surface area (Å²) in [6.45, 7) is 0. The number of anilines is 1. The predicted octanol–water partition coefficient (Wildman–Crippen LogP) is 1.40. The second-order valence-corrected chi connectivity index (χ2v) is 5.08. The molecule has 4 nitrogen and oxygen atoms in total. The molecule has 1 aliphatic rings. The molecule has 0 saturated heterocycles. The van der Waals surface area contributed by atoms with E-state index in [2.05, 4.69) is 10.5 Å². The van der Waals surface area contributed by atoms with Gasteiger partial charge >= 0.3 is 0 Å². The molecule has 0 aromatic heterocycles. The summed E-state index contributed by atoms with van der Waals surface area (Å²) in [5, 5.41) is 5.17. The topological polar surface area (TPSA) is 58.5 Å². The fourth-order valence-electron chi connectivity index (χ4n) is 1.20. The van der Waals surface area contributed by atoms with Gasteiger partial charge in [0.15, 0.2) is 9.84 Å². The van der Waals surface area contributed by atoms with Crippen LogP contribution >= 0.6 is 0 Å². The molecule has 1 aromatic rings. The average Bonchev–Trinajstić information content (AvgIpc) is 2.57. The van der Waals surface area contributed by atoms with Crippen LogP contribution < -0.4 is 5.43 Å². The molecule has 0 bridgehead atoms. The van der Waals surface area contributed by atoms with E-state index >= 15 is 0 Å². The van der Waals surface area contributed by atoms with Gasteiger partial charge in [-0.1, -0.05) is 18.2 Å². The number of hydrogen-bond donors (Lipinski definition) is 1. The molecule has 0 atom stereocenters. The van der Waals surface area contributed by atoms with Gasteiger partial charge in [0.05, 0.1) is 17.2 Å². The SMILES string of the molecule is O=S1(=O)C=C/C(=N/Nc2ccccc2)C1. The van der Waals surface area contributed by atoms with Gasteiger partial charge in [0.2, 0.25) is 0 Å². The van der Waals surface area contributed by atoms with Crippen molar-refractivity contribution in [2.24, 2.45) is 5.10 Å². The molecular formula is C10H10N2O2S. The maximum absolute atomic E-state index is 11.1. The number of rotatable bonds is 2. The highest BCUT2D eigenvalue weighted by molar-refractivity contribution is 7.95. The van der Waals surface area contributed by atoms with Crippen molar-refractivity contribution in [1.82, 2.24) is 0 Å². The van der Waals surface area contributed by atoms with Crippen LogP contribution in [0.25, 0.3) is 0 Å². The Hall–Kier alpha value is -1.62. The van der Waals surface area contributed by atoms with Gasteiger partial charge < -0.3 is 0 Å². The minimum atomic E-state index is -3.05. The van der Waals surface area contributed by atoms with Crippen molar-refractivity contribution in [2.75, 3.05) is 11.2 Å². The molecule has 1 aromatic carbocycles. The van der Waals surface area contributed by atoms with Crippen molar-refractivity contribution in [1.29, 1.82) is 0 Å². The van der Waals surface area contributed by atoms with Crippen molar-refractivity contribution in [3.8, 4) is 0 Å². The average molecular weight is 222 g/mol. The number of benzene rings is 1. The van der Waals surface area contributed by atoms with Crippen LogP contribution in [0.1, 0.15) is 0 Å². The van der Waals surface area contributed by atoms with Gasteiger partial charge in [0, 0.05) is 5.41 Å². The van der Waals surface area contributed by atoms with Crippen molar-refractivity contribution in [3.63, 3.8) is 0 Å². The molecule has 1 aliphatic heterocycles. The van der Waals surface area contributed by atoms with Crippen LogP contribution in [0.3, 0.4) is 0 Å². The van der Waals surface area contributed by atoms with Crippen LogP contribution in [0.2, 0.25) is 0 Å². The van der Waals surface area contributed by atoms with Crippen LogP contribution in [-0.2, 0) is 9.84 Å². The quantitative estimate of drug-likeness (QED) is 0.769. The Morgan fingerprint density at radius 2 is 1.93 bits per heavy atom. The molecule has 0 fully saturated rings. The molecule has 0 radical (unpaired) electrons. The Kier molecular flexibility index (Phi) is 2.55. The van der Waals surface area contributed by atoms with E-state index in [0.717, 1.165) is 5.69 Å². The molecule has 1 heterocycles. The number of nitrogens with zero attached hydrogens (tertiary/aromatic N) is 1. The number of para-hydroxylation sites is 1. The molecule has 0 amide bonds. The van der Waals surface area contributed by atoms with E-state index in [-0.39, 0.29) is 5.75 Å². The van der Waals surface area contributed by atoms with Gasteiger partial charge in [-0.25, -0.2) is 8.42 Å². The smallest absolute Gasteiger partial charge is 0.177 e. The first-order chi connectivity index (χ1) is 7.16. The van der Waals surface area contributed by atoms with E-state index in [1.54, 1.807) is 0 Å². The maximum Gasteiger partial charge on any atom is 0.177 e. The second-order valence-electron chi connectivity index (χ2n) is 3.19. The minimum Gasteiger partial charge on any atom is -0.278 e. The first-order valence-corrected chi connectivity index (χ1v) is 6.16. The van der Waals surface area contributed by atoms with E-state index in [0.29, 0.717) is 5.71 Å². The fraction of sp³-hybridized carbons (Fsp3) is 0.100. The van der Waals surface area contributed by atoms with E-state index in [1.165, 1.54) is 11.5 Å². The lowest BCUT2D eigenvalue weighted by atomic mass is 10.3. The molecule has 15 heavy (non-hydrogen) atoms. The standard InChI is InChI=1S/C10H10N2O2S/c13-15(14)7-6-10(8-15)12-11-9-4-2-1-3-5-9/h1-7,11H,8H2/b12-10-. The molecule has 0 aliphatic carbocycles. The van der Waals surface area contributed by atoms with E-state index in [1.807, 2.05) is 30.3 Å². The maximum atomic E-state index is 11.1. The summed E-state index contributed by atoms with van der Waals surface area (Å²) in [5.74, 6) is -0.0210. The van der Waals surface area contributed by atoms with Crippen LogP contribution in [0, 0.1) is 0 Å². The second kappa shape index (κ2) is 3.86. The van der Waals surface area contributed by atoms with Crippen LogP contribution in [-0.4, -0.2) is 19.9 Å². The lowest BCUT2D eigenvalue weighted by molar-refractivity contribution is 0.609. The molecule has 2 rings (SSSR count). The third kappa shape index (κ3) is 2.66. The number of sulfone groups is 1. The lowest BCUT2D eigenvalue weighted by Crippen LogP contribution is -2.06. The molecular weight excluding hydrogens is 212 g/mol. The minimum absolute atomic E-state index is 0.0210. The van der Waals surface area contributed by atoms with Gasteiger partial charge in [0.1, 0.15) is 0 Å². The zero-order chi connectivity index (χ0) is 10.7. The summed E-state index contributed by atoms with van der Waals surface area (Å²) >= 11 is 0. The third-order valence-electron chi connectivity index (χ3n) is 1.92. The number of allylic oxidation sites excluding steroid dienone is 1. The zero-order valence-electron chi connectivity index (χ0n) is 7.92. The number of nitrogens with one attached hydrogen (secondary N) is 1. The predicted molar refractivity (Wildman–Crippen MR) is 60.4 cm³/mol. The summed E-state index contributed by atoms with van der Waals surface area (Å²) < 4.78 is 22.1. The van der Waals surface area contributed by atoms with Gasteiger partial charge in [-0.05, 0) is 18.2 Å². The summed E-state index contributed by atoms with van der Waals surface area (Å²) in [6, 6.07) is 9.38. The lowest BCUT2D eigenvalue weighted by Gasteiger charge is -1.99. The first kappa shape index (κ1) is 9.92. The van der Waals surface area contributed by atoms with Crippen LogP contribution in [0.4, 0.5) is 5.69 Å². The Labute approximate surface area is 88.2 Å². The Balaban J connectivity index is 2.06. The Bertz CT molecular complexity index is 503. The first-order valence-electron chi connectivity index (χ1n) is 4.44. The summed E-state index contributed by atoms with van der Waals surface area (Å²) in [5.41, 5.74) is 4.16. The summed E-state index contributed by atoms with van der Waals surface area (Å²) in [6.07, 6.45) is 1.51. The van der Waals surface area contributed by atoms with Crippen LogP contribution in [0.15, 0.2) is 46.9 Å². The highest BCUT2D eigenvalue weighted by Gasteiger charge is 2.16. The van der Waals surface area contributed by atoms with E-state index in [4.69, 9.17) is 0 Å². The highest BCUT2D eigenvalue weighted by Crippen LogP contribution is 2.08. The largest absolute Gasteiger partial charge is 0.278 e. The van der Waals surface area contributed by atoms with Crippen LogP contribution in [0.5, 0.6) is 0 Å². The Morgan fingerprint density at radius 3 is 2.53 bits per heavy atom. The van der Waals surface area contributed by atoms with Gasteiger partial charge in [-0.2, -0.15) is 5.10 Å². The van der Waals surface area contributed by atoms with E-state index < -0.39 is 9.84 Å². The molecule has 0 spiro atoms. The molecule has 78 valence electrons. The van der Waals surface area contributed by atoms with Crippen molar-refractivity contribution < 1.29 is 8.42 Å². The molecule has 5 heteroatoms. The monoisotopic (exact) mass is 222 g/mol. The van der Waals surface area contributed by atoms with Gasteiger partial charge in [0.25, 0.3) is 0 Å². The summed E-state index contributed by atoms with van der Waals surface area (Å²) in [4.78, 5) is 0. The summed E-state index contributed by atoms with van der Waals surface area (Å²) in [7, 11) is -3.05. The number of hydrogen-bond acceptors (Lipinski definition) is 4. The van der Waals surface area contributed by atoms with Gasteiger partial charge in [-0.3, -0.25) is 5.43 Å². The Morgan fingerprint density at radius 1 is 1.20 bits per heavy atom. The molecule has 0 saturated carbocycles. The number of hydrazone groups is 1.